The molecule has 348 valence electrons. The van der Waals surface area contributed by atoms with Gasteiger partial charge in [0.2, 0.25) is 0 Å². The van der Waals surface area contributed by atoms with Crippen molar-refractivity contribution in [3.8, 4) is 28.7 Å². The molecule has 0 fully saturated rings. The molecule has 0 saturated carbocycles. The first kappa shape index (κ1) is 56.3. The highest BCUT2D eigenvalue weighted by atomic mass is 35.5. The van der Waals surface area contributed by atoms with Crippen LogP contribution in [0.25, 0.3) is 0 Å². The molecule has 0 aromatic heterocycles. The van der Waals surface area contributed by atoms with Crippen molar-refractivity contribution < 1.29 is 28.1 Å². The van der Waals surface area contributed by atoms with Crippen LogP contribution in [0.15, 0.2) is 103 Å². The standard InChI is InChI=1S/C12H18O2.C11H15ClO.C11H15FO.C11H16O.C11H16/c1-12(2,3)9-6-7-10(13-4)11(8-9)14-5;2*1-11(2,3)8-6-5-7-9(13-4)10(8)12;1-11(2,3)9-6-5-7-10(8-9)12-4;1-9-7-5-6-8-10(9)11(2,3)4/h6-8H,1-5H3;2*5-7H,1-4H3;5-8H,1-4H3;5-8H,1-4H3. The third kappa shape index (κ3) is 18.5. The number of hydrogen-bond acceptors (Lipinski definition) is 5. The Labute approximate surface area is 387 Å². The zero-order valence-electron chi connectivity index (χ0n) is 42.6. The molecule has 0 heterocycles. The summed E-state index contributed by atoms with van der Waals surface area (Å²) in [5.41, 5.74) is 7.70. The number of ether oxygens (including phenoxy) is 5. The Kier molecular flexibility index (Phi) is 21.8. The highest BCUT2D eigenvalue weighted by Gasteiger charge is 2.21. The molecule has 0 aliphatic heterocycles. The topological polar surface area (TPSA) is 46.2 Å². The summed E-state index contributed by atoms with van der Waals surface area (Å²) in [5, 5.41) is 0.720. The van der Waals surface area contributed by atoms with Crippen LogP contribution in [0.2, 0.25) is 5.02 Å². The lowest BCUT2D eigenvalue weighted by molar-refractivity contribution is 0.353. The Morgan fingerprint density at radius 2 is 0.810 bits per heavy atom. The maximum absolute atomic E-state index is 13.6. The summed E-state index contributed by atoms with van der Waals surface area (Å²) in [6, 6.07) is 33.9. The average molecular weight is 888 g/mol. The SMILES string of the molecule is COc1ccc(C(C)(C)C)cc1OC.COc1cccc(C(C)(C)C)c1.COc1cccc(C(C)(C)C)c1Cl.COc1cccc(C(C)(C)C)c1F.Cc1ccccc1C(C)(C)C. The van der Waals surface area contributed by atoms with E-state index >= 15 is 0 Å². The van der Waals surface area contributed by atoms with Gasteiger partial charge < -0.3 is 23.7 Å². The predicted molar refractivity (Wildman–Crippen MR) is 268 cm³/mol. The fourth-order valence-electron chi connectivity index (χ4n) is 6.30. The first-order valence-corrected chi connectivity index (χ1v) is 21.9. The summed E-state index contributed by atoms with van der Waals surface area (Å²) in [6.07, 6.45) is 0. The minimum Gasteiger partial charge on any atom is -0.497 e. The minimum absolute atomic E-state index is 0.0611. The van der Waals surface area contributed by atoms with Gasteiger partial charge in [-0.1, -0.05) is 182 Å². The van der Waals surface area contributed by atoms with Crippen molar-refractivity contribution in [3.05, 3.63) is 147 Å². The molecule has 5 aromatic rings. The quantitative estimate of drug-likeness (QED) is 0.176. The van der Waals surface area contributed by atoms with E-state index in [0.29, 0.717) is 11.3 Å². The summed E-state index contributed by atoms with van der Waals surface area (Å²) in [5.74, 6) is 3.31. The summed E-state index contributed by atoms with van der Waals surface area (Å²) in [6.45, 7) is 34.3. The number of benzene rings is 5. The zero-order chi connectivity index (χ0) is 48.6. The van der Waals surface area contributed by atoms with Gasteiger partial charge in [-0.05, 0) is 104 Å². The molecule has 0 N–H and O–H groups in total. The fourth-order valence-corrected chi connectivity index (χ4v) is 6.79. The van der Waals surface area contributed by atoms with Crippen molar-refractivity contribution in [2.24, 2.45) is 0 Å². The molecule has 0 unspecified atom stereocenters. The monoisotopic (exact) mass is 887 g/mol. The number of halogens is 2. The van der Waals surface area contributed by atoms with Crippen LogP contribution in [0.5, 0.6) is 28.7 Å². The average Bonchev–Trinajstić information content (AvgIpc) is 3.20. The molecule has 5 aromatic carbocycles. The zero-order valence-corrected chi connectivity index (χ0v) is 43.4. The fraction of sp³-hybridized carbons (Fsp3) is 0.464. The second-order valence-corrected chi connectivity index (χ2v) is 20.9. The lowest BCUT2D eigenvalue weighted by Crippen LogP contribution is -2.13. The molecule has 0 aliphatic carbocycles. The van der Waals surface area contributed by atoms with Crippen LogP contribution in [-0.2, 0) is 27.1 Å². The summed E-state index contributed by atoms with van der Waals surface area (Å²) >= 11 is 6.17. The molecule has 0 radical (unpaired) electrons. The third-order valence-electron chi connectivity index (χ3n) is 10.1. The van der Waals surface area contributed by atoms with Gasteiger partial charge in [0, 0.05) is 0 Å². The number of methoxy groups -OCH3 is 5. The molecule has 0 amide bonds. The van der Waals surface area contributed by atoms with Crippen LogP contribution < -0.4 is 23.7 Å². The highest BCUT2D eigenvalue weighted by Crippen LogP contribution is 2.36. The van der Waals surface area contributed by atoms with E-state index in [1.807, 2.05) is 69.3 Å². The van der Waals surface area contributed by atoms with E-state index in [9.17, 15) is 4.39 Å². The largest absolute Gasteiger partial charge is 0.497 e. The molecule has 0 bridgehead atoms. The Balaban J connectivity index is 0.000000395. The van der Waals surface area contributed by atoms with Crippen LogP contribution in [0.3, 0.4) is 0 Å². The first-order chi connectivity index (χ1) is 29.0. The van der Waals surface area contributed by atoms with Gasteiger partial charge in [0.1, 0.15) is 11.5 Å². The molecular weight excluding hydrogens is 807 g/mol. The van der Waals surface area contributed by atoms with Gasteiger partial charge in [0.05, 0.1) is 40.6 Å². The Hall–Kier alpha value is -4.68. The Morgan fingerprint density at radius 3 is 1.24 bits per heavy atom. The minimum atomic E-state index is -0.252. The molecule has 0 aliphatic rings. The Bertz CT molecular complexity index is 2060. The van der Waals surface area contributed by atoms with Gasteiger partial charge >= 0.3 is 0 Å². The molecule has 5 rings (SSSR count). The van der Waals surface area contributed by atoms with Crippen molar-refractivity contribution >= 4 is 11.6 Å². The molecule has 5 nitrogen and oxygen atoms in total. The van der Waals surface area contributed by atoms with Gasteiger partial charge in [-0.15, -0.1) is 0 Å². The van der Waals surface area contributed by atoms with E-state index < -0.39 is 0 Å². The molecule has 0 atom stereocenters. The van der Waals surface area contributed by atoms with E-state index in [1.165, 1.54) is 29.4 Å². The van der Waals surface area contributed by atoms with Crippen LogP contribution >= 0.6 is 11.6 Å². The van der Waals surface area contributed by atoms with E-state index in [0.717, 1.165) is 33.6 Å². The van der Waals surface area contributed by atoms with E-state index in [4.69, 9.17) is 35.3 Å². The van der Waals surface area contributed by atoms with Crippen molar-refractivity contribution in [2.75, 3.05) is 35.5 Å². The van der Waals surface area contributed by atoms with Gasteiger partial charge in [-0.3, -0.25) is 0 Å². The molecule has 0 saturated heterocycles. The van der Waals surface area contributed by atoms with Crippen molar-refractivity contribution in [3.63, 3.8) is 0 Å². The lowest BCUT2D eigenvalue weighted by atomic mass is 9.84. The van der Waals surface area contributed by atoms with Crippen LogP contribution in [0.1, 0.15) is 137 Å². The van der Waals surface area contributed by atoms with Crippen molar-refractivity contribution in [1.82, 2.24) is 0 Å². The van der Waals surface area contributed by atoms with Gasteiger partial charge in [0.25, 0.3) is 0 Å². The van der Waals surface area contributed by atoms with E-state index in [2.05, 4.69) is 132 Å². The van der Waals surface area contributed by atoms with Crippen molar-refractivity contribution in [2.45, 2.75) is 138 Å². The van der Waals surface area contributed by atoms with E-state index in [-0.39, 0.29) is 32.9 Å². The van der Waals surface area contributed by atoms with Gasteiger partial charge in [-0.25, -0.2) is 4.39 Å². The highest BCUT2D eigenvalue weighted by molar-refractivity contribution is 6.33. The summed E-state index contributed by atoms with van der Waals surface area (Å²) < 4.78 is 39.3. The second kappa shape index (κ2) is 24.4. The van der Waals surface area contributed by atoms with Crippen molar-refractivity contribution in [1.29, 1.82) is 0 Å². The molecule has 63 heavy (non-hydrogen) atoms. The first-order valence-electron chi connectivity index (χ1n) is 21.6. The van der Waals surface area contributed by atoms with Gasteiger partial charge in [-0.2, -0.15) is 0 Å². The maximum atomic E-state index is 13.6. The Morgan fingerprint density at radius 1 is 0.381 bits per heavy atom. The molecular formula is C56H80ClFO5. The maximum Gasteiger partial charge on any atom is 0.168 e. The number of rotatable bonds is 5. The smallest absolute Gasteiger partial charge is 0.168 e. The normalized spacial score (nSPS) is 11.4. The van der Waals surface area contributed by atoms with Crippen LogP contribution in [0, 0.1) is 12.7 Å². The number of aryl methyl sites for hydroxylation is 1. The van der Waals surface area contributed by atoms with Gasteiger partial charge in [0.15, 0.2) is 23.1 Å². The molecule has 0 spiro atoms. The predicted octanol–water partition coefficient (Wildman–Crippen LogP) is 16.1. The summed E-state index contributed by atoms with van der Waals surface area (Å²) in [4.78, 5) is 0. The number of hydrogen-bond donors (Lipinski definition) is 0. The van der Waals surface area contributed by atoms with E-state index in [1.54, 1.807) is 40.6 Å². The van der Waals surface area contributed by atoms with Crippen LogP contribution in [-0.4, -0.2) is 35.5 Å². The molecule has 7 heteroatoms. The second-order valence-electron chi connectivity index (χ2n) is 20.5. The third-order valence-corrected chi connectivity index (χ3v) is 10.5. The lowest BCUT2D eigenvalue weighted by Gasteiger charge is -2.21. The summed E-state index contributed by atoms with van der Waals surface area (Å²) in [7, 11) is 8.11. The van der Waals surface area contributed by atoms with Crippen LogP contribution in [0.4, 0.5) is 4.39 Å².